The first-order valence-corrected chi connectivity index (χ1v) is 7.13. The van der Waals surface area contributed by atoms with Gasteiger partial charge in [-0.15, -0.1) is 0 Å². The van der Waals surface area contributed by atoms with Crippen LogP contribution in [0.15, 0.2) is 18.2 Å². The number of hydrogen-bond donors (Lipinski definition) is 1. The van der Waals surface area contributed by atoms with Crippen LogP contribution < -0.4 is 10.1 Å². The largest absolute Gasteiger partial charge is 0.494 e. The zero-order valence-corrected chi connectivity index (χ0v) is 12.0. The van der Waals surface area contributed by atoms with Gasteiger partial charge in [-0.3, -0.25) is 4.90 Å². The minimum atomic E-state index is -0.316. The zero-order chi connectivity index (χ0) is 14.2. The smallest absolute Gasteiger partial charge is 0.165 e. The van der Waals surface area contributed by atoms with Gasteiger partial charge < -0.3 is 14.8 Å². The van der Waals surface area contributed by atoms with Crippen LogP contribution in [-0.4, -0.2) is 51.4 Å². The van der Waals surface area contributed by atoms with Crippen LogP contribution in [0.2, 0.25) is 0 Å². The summed E-state index contributed by atoms with van der Waals surface area (Å²) in [5, 5.41) is 3.38. The van der Waals surface area contributed by atoms with Gasteiger partial charge in [0.2, 0.25) is 0 Å². The van der Waals surface area contributed by atoms with Crippen molar-refractivity contribution < 1.29 is 13.9 Å². The fraction of sp³-hybridized carbons (Fsp3) is 0.600. The Balaban J connectivity index is 1.63. The summed E-state index contributed by atoms with van der Waals surface area (Å²) in [6, 6.07) is 4.97. The molecule has 1 fully saturated rings. The maximum atomic E-state index is 13.3. The number of morpholine rings is 1. The van der Waals surface area contributed by atoms with Crippen molar-refractivity contribution >= 4 is 0 Å². The molecular formula is C15H23FN2O2. The van der Waals surface area contributed by atoms with E-state index in [9.17, 15) is 4.39 Å². The molecule has 1 aromatic rings. The Hall–Kier alpha value is -1.17. The molecule has 0 aromatic heterocycles. The van der Waals surface area contributed by atoms with Gasteiger partial charge in [0.05, 0.1) is 20.3 Å². The van der Waals surface area contributed by atoms with Crippen LogP contribution in [-0.2, 0) is 11.3 Å². The van der Waals surface area contributed by atoms with Gasteiger partial charge in [-0.05, 0) is 37.2 Å². The molecule has 2 rings (SSSR count). The quantitative estimate of drug-likeness (QED) is 0.771. The van der Waals surface area contributed by atoms with E-state index < -0.39 is 0 Å². The lowest BCUT2D eigenvalue weighted by Gasteiger charge is -2.26. The van der Waals surface area contributed by atoms with E-state index in [1.54, 1.807) is 12.1 Å². The van der Waals surface area contributed by atoms with E-state index in [0.29, 0.717) is 5.75 Å². The maximum Gasteiger partial charge on any atom is 0.165 e. The third-order valence-electron chi connectivity index (χ3n) is 3.48. The summed E-state index contributed by atoms with van der Waals surface area (Å²) in [6.45, 7) is 6.57. The van der Waals surface area contributed by atoms with Crippen molar-refractivity contribution in [1.82, 2.24) is 10.2 Å². The van der Waals surface area contributed by atoms with Gasteiger partial charge in [0.15, 0.2) is 11.6 Å². The minimum Gasteiger partial charge on any atom is -0.494 e. The number of hydrogen-bond acceptors (Lipinski definition) is 4. The molecule has 1 heterocycles. The lowest BCUT2D eigenvalue weighted by Crippen LogP contribution is -2.37. The lowest BCUT2D eigenvalue weighted by molar-refractivity contribution is 0.0374. The average Bonchev–Trinajstić information content (AvgIpc) is 2.49. The summed E-state index contributed by atoms with van der Waals surface area (Å²) < 4.78 is 23.5. The van der Waals surface area contributed by atoms with E-state index in [1.165, 1.54) is 13.2 Å². The summed E-state index contributed by atoms with van der Waals surface area (Å²) in [4.78, 5) is 2.42. The van der Waals surface area contributed by atoms with Gasteiger partial charge in [0.1, 0.15) is 0 Å². The van der Waals surface area contributed by atoms with Crippen LogP contribution in [0.4, 0.5) is 4.39 Å². The first kappa shape index (κ1) is 15.2. The second-order valence-electron chi connectivity index (χ2n) is 4.95. The van der Waals surface area contributed by atoms with E-state index in [0.717, 1.165) is 57.9 Å². The highest BCUT2D eigenvalue weighted by atomic mass is 19.1. The molecule has 0 bridgehead atoms. The van der Waals surface area contributed by atoms with Gasteiger partial charge in [-0.1, -0.05) is 6.07 Å². The molecule has 0 saturated carbocycles. The summed E-state index contributed by atoms with van der Waals surface area (Å²) >= 11 is 0. The predicted molar refractivity (Wildman–Crippen MR) is 76.5 cm³/mol. The molecule has 0 aliphatic carbocycles. The molecule has 20 heavy (non-hydrogen) atoms. The van der Waals surface area contributed by atoms with Crippen LogP contribution in [0.5, 0.6) is 5.75 Å². The topological polar surface area (TPSA) is 33.7 Å². The van der Waals surface area contributed by atoms with E-state index in [2.05, 4.69) is 10.2 Å². The highest BCUT2D eigenvalue weighted by Crippen LogP contribution is 2.17. The minimum absolute atomic E-state index is 0.303. The monoisotopic (exact) mass is 282 g/mol. The van der Waals surface area contributed by atoms with Crippen molar-refractivity contribution in [2.45, 2.75) is 13.0 Å². The van der Waals surface area contributed by atoms with Crippen molar-refractivity contribution in [3.63, 3.8) is 0 Å². The van der Waals surface area contributed by atoms with Crippen molar-refractivity contribution in [3.8, 4) is 5.75 Å². The number of methoxy groups -OCH3 is 1. The molecule has 0 radical (unpaired) electrons. The number of nitrogens with zero attached hydrogens (tertiary/aromatic N) is 1. The van der Waals surface area contributed by atoms with Gasteiger partial charge in [-0.2, -0.15) is 0 Å². The Kier molecular flexibility index (Phi) is 6.24. The lowest BCUT2D eigenvalue weighted by atomic mass is 10.2. The Morgan fingerprint density at radius 3 is 2.90 bits per heavy atom. The normalized spacial score (nSPS) is 16.3. The van der Waals surface area contributed by atoms with Crippen LogP contribution in [0.25, 0.3) is 0 Å². The predicted octanol–water partition coefficient (Wildman–Crippen LogP) is 1.65. The molecule has 0 spiro atoms. The Morgan fingerprint density at radius 2 is 2.15 bits per heavy atom. The van der Waals surface area contributed by atoms with Gasteiger partial charge in [0.25, 0.3) is 0 Å². The van der Waals surface area contributed by atoms with Crippen LogP contribution >= 0.6 is 0 Å². The highest BCUT2D eigenvalue weighted by molar-refractivity contribution is 5.30. The van der Waals surface area contributed by atoms with E-state index in [4.69, 9.17) is 9.47 Å². The van der Waals surface area contributed by atoms with Gasteiger partial charge in [-0.25, -0.2) is 4.39 Å². The molecule has 0 atom stereocenters. The SMILES string of the molecule is COc1cc(CNCCCN2CCOCC2)ccc1F. The Morgan fingerprint density at radius 1 is 1.35 bits per heavy atom. The molecule has 1 aliphatic rings. The van der Waals surface area contributed by atoms with Crippen LogP contribution in [0.1, 0.15) is 12.0 Å². The Bertz CT molecular complexity index is 409. The number of ether oxygens (including phenoxy) is 2. The molecule has 4 nitrogen and oxygen atoms in total. The molecule has 1 saturated heterocycles. The van der Waals surface area contributed by atoms with E-state index >= 15 is 0 Å². The summed E-state index contributed by atoms with van der Waals surface area (Å²) in [6.07, 6.45) is 1.11. The van der Waals surface area contributed by atoms with Crippen LogP contribution in [0.3, 0.4) is 0 Å². The van der Waals surface area contributed by atoms with Crippen molar-refractivity contribution in [2.75, 3.05) is 46.5 Å². The molecule has 1 N–H and O–H groups in total. The van der Waals surface area contributed by atoms with Gasteiger partial charge in [0, 0.05) is 19.6 Å². The van der Waals surface area contributed by atoms with Crippen molar-refractivity contribution in [2.24, 2.45) is 0 Å². The maximum absolute atomic E-state index is 13.3. The molecule has 1 aromatic carbocycles. The summed E-state index contributed by atoms with van der Waals surface area (Å²) in [7, 11) is 1.48. The van der Waals surface area contributed by atoms with Crippen LogP contribution in [0, 0.1) is 5.82 Å². The van der Waals surface area contributed by atoms with E-state index in [-0.39, 0.29) is 5.82 Å². The standard InChI is InChI=1S/C15H23FN2O2/c1-19-15-11-13(3-4-14(15)16)12-17-5-2-6-18-7-9-20-10-8-18/h3-4,11,17H,2,5-10,12H2,1H3. The van der Waals surface area contributed by atoms with Gasteiger partial charge >= 0.3 is 0 Å². The van der Waals surface area contributed by atoms with E-state index in [1.807, 2.05) is 0 Å². The fourth-order valence-electron chi connectivity index (χ4n) is 2.30. The third kappa shape index (κ3) is 4.74. The molecule has 5 heteroatoms. The Labute approximate surface area is 119 Å². The highest BCUT2D eigenvalue weighted by Gasteiger charge is 2.09. The molecular weight excluding hydrogens is 259 g/mol. The number of nitrogens with one attached hydrogen (secondary N) is 1. The third-order valence-corrected chi connectivity index (χ3v) is 3.48. The van der Waals surface area contributed by atoms with Crippen molar-refractivity contribution in [1.29, 1.82) is 0 Å². The molecule has 0 unspecified atom stereocenters. The second kappa shape index (κ2) is 8.19. The first-order valence-electron chi connectivity index (χ1n) is 7.13. The molecule has 0 amide bonds. The van der Waals surface area contributed by atoms with Crippen molar-refractivity contribution in [3.05, 3.63) is 29.6 Å². The molecule has 1 aliphatic heterocycles. The zero-order valence-electron chi connectivity index (χ0n) is 12.0. The average molecular weight is 282 g/mol. The molecule has 112 valence electrons. The fourth-order valence-corrected chi connectivity index (χ4v) is 2.30. The summed E-state index contributed by atoms with van der Waals surface area (Å²) in [5.41, 5.74) is 1.04. The number of halogens is 1. The first-order chi connectivity index (χ1) is 9.79. The summed E-state index contributed by atoms with van der Waals surface area (Å²) in [5.74, 6) is -0.0128. The number of rotatable bonds is 7. The number of benzene rings is 1. The second-order valence-corrected chi connectivity index (χ2v) is 4.95.